The summed E-state index contributed by atoms with van der Waals surface area (Å²) in [7, 11) is 1.67. The van der Waals surface area contributed by atoms with Crippen LogP contribution in [0.5, 0.6) is 0 Å². The lowest BCUT2D eigenvalue weighted by Gasteiger charge is -2.31. The first kappa shape index (κ1) is 16.9. The molecule has 2 N–H and O–H groups in total. The summed E-state index contributed by atoms with van der Waals surface area (Å²) in [5.41, 5.74) is 0.827. The molecule has 1 aliphatic heterocycles. The number of carboxylic acid groups (broad SMARTS) is 1. The third-order valence-electron chi connectivity index (χ3n) is 4.25. The zero-order valence-electron chi connectivity index (χ0n) is 13.9. The lowest BCUT2D eigenvalue weighted by atomic mass is 9.96. The van der Waals surface area contributed by atoms with Crippen LogP contribution in [0.2, 0.25) is 0 Å². The Morgan fingerprint density at radius 3 is 2.68 bits per heavy atom. The van der Waals surface area contributed by atoms with Crippen molar-refractivity contribution in [2.24, 2.45) is 13.0 Å². The number of anilines is 1. The average molecular weight is 344 g/mol. The summed E-state index contributed by atoms with van der Waals surface area (Å²) in [6, 6.07) is 5.60. The van der Waals surface area contributed by atoms with Gasteiger partial charge in [-0.05, 0) is 25.0 Å². The molecule has 2 aromatic heterocycles. The van der Waals surface area contributed by atoms with Gasteiger partial charge in [-0.3, -0.25) is 9.78 Å². The van der Waals surface area contributed by atoms with Gasteiger partial charge in [0.2, 0.25) is 11.9 Å². The molecule has 132 valence electrons. The number of carbonyl (C=O) groups is 2. The van der Waals surface area contributed by atoms with Gasteiger partial charge in [0, 0.05) is 32.3 Å². The minimum absolute atomic E-state index is 0.0227. The van der Waals surface area contributed by atoms with Crippen LogP contribution >= 0.6 is 0 Å². The molecule has 1 saturated heterocycles. The van der Waals surface area contributed by atoms with E-state index >= 15 is 0 Å². The molecule has 0 spiro atoms. The van der Waals surface area contributed by atoms with Crippen LogP contribution in [0.15, 0.2) is 24.4 Å². The van der Waals surface area contributed by atoms with Crippen molar-refractivity contribution in [3.63, 3.8) is 0 Å². The number of pyridine rings is 1. The topological polar surface area (TPSA) is 113 Å². The zero-order chi connectivity index (χ0) is 17.8. The maximum absolute atomic E-state index is 12.3. The lowest BCUT2D eigenvalue weighted by molar-refractivity contribution is -0.125. The number of amides is 1. The van der Waals surface area contributed by atoms with E-state index in [2.05, 4.69) is 20.4 Å². The van der Waals surface area contributed by atoms with Gasteiger partial charge in [-0.15, -0.1) is 5.10 Å². The number of aryl methyl sites for hydroxylation is 1. The quantitative estimate of drug-likeness (QED) is 0.809. The van der Waals surface area contributed by atoms with E-state index in [1.807, 2.05) is 23.1 Å². The molecule has 1 amide bonds. The molecule has 3 rings (SSSR count). The van der Waals surface area contributed by atoms with Crippen molar-refractivity contribution in [2.45, 2.75) is 19.4 Å². The summed E-state index contributed by atoms with van der Waals surface area (Å²) >= 11 is 0. The van der Waals surface area contributed by atoms with Crippen molar-refractivity contribution in [3.8, 4) is 0 Å². The average Bonchev–Trinajstić information content (AvgIpc) is 3.03. The molecular weight excluding hydrogens is 324 g/mol. The summed E-state index contributed by atoms with van der Waals surface area (Å²) in [6.45, 7) is 1.69. The number of piperidine rings is 1. The number of nitrogens with zero attached hydrogens (tertiary/aromatic N) is 5. The Bertz CT molecular complexity index is 752. The van der Waals surface area contributed by atoms with E-state index < -0.39 is 5.97 Å². The van der Waals surface area contributed by atoms with E-state index in [0.29, 0.717) is 38.4 Å². The number of hydrogen-bond acceptors (Lipinski definition) is 6. The van der Waals surface area contributed by atoms with Crippen LogP contribution in [0.4, 0.5) is 5.95 Å². The third kappa shape index (κ3) is 3.93. The highest BCUT2D eigenvalue weighted by Crippen LogP contribution is 2.22. The number of rotatable bonds is 5. The van der Waals surface area contributed by atoms with Gasteiger partial charge in [-0.25, -0.2) is 9.48 Å². The molecule has 0 radical (unpaired) electrons. The van der Waals surface area contributed by atoms with Gasteiger partial charge in [0.05, 0.1) is 12.2 Å². The van der Waals surface area contributed by atoms with Crippen molar-refractivity contribution >= 4 is 17.8 Å². The SMILES string of the molecule is Cn1nc(C(=O)O)nc1N1CCC(C(=O)NCc2ccccn2)CC1. The summed E-state index contributed by atoms with van der Waals surface area (Å²) in [5.74, 6) is -0.885. The molecule has 0 aliphatic carbocycles. The number of aromatic nitrogens is 4. The number of nitrogens with one attached hydrogen (secondary N) is 1. The fourth-order valence-electron chi connectivity index (χ4n) is 2.91. The normalized spacial score (nSPS) is 15.2. The maximum atomic E-state index is 12.3. The van der Waals surface area contributed by atoms with Crippen LogP contribution in [0.25, 0.3) is 0 Å². The Morgan fingerprint density at radius 1 is 1.32 bits per heavy atom. The second-order valence-electron chi connectivity index (χ2n) is 5.96. The Balaban J connectivity index is 1.53. The highest BCUT2D eigenvalue weighted by molar-refractivity contribution is 5.83. The molecule has 9 nitrogen and oxygen atoms in total. The monoisotopic (exact) mass is 344 g/mol. The van der Waals surface area contributed by atoms with Gasteiger partial charge in [-0.1, -0.05) is 6.07 Å². The predicted molar refractivity (Wildman–Crippen MR) is 89.0 cm³/mol. The van der Waals surface area contributed by atoms with Crippen molar-refractivity contribution < 1.29 is 14.7 Å². The Kier molecular flexibility index (Phi) is 4.92. The second kappa shape index (κ2) is 7.29. The van der Waals surface area contributed by atoms with Gasteiger partial charge in [-0.2, -0.15) is 4.98 Å². The van der Waals surface area contributed by atoms with E-state index in [0.717, 1.165) is 5.69 Å². The van der Waals surface area contributed by atoms with Gasteiger partial charge in [0.15, 0.2) is 0 Å². The zero-order valence-corrected chi connectivity index (χ0v) is 13.9. The van der Waals surface area contributed by atoms with Crippen LogP contribution in [0.3, 0.4) is 0 Å². The first-order chi connectivity index (χ1) is 12.0. The summed E-state index contributed by atoms with van der Waals surface area (Å²) < 4.78 is 1.46. The summed E-state index contributed by atoms with van der Waals surface area (Å²) in [4.78, 5) is 33.5. The Labute approximate surface area is 144 Å². The van der Waals surface area contributed by atoms with Gasteiger partial charge in [0.25, 0.3) is 5.82 Å². The van der Waals surface area contributed by atoms with Crippen LogP contribution < -0.4 is 10.2 Å². The summed E-state index contributed by atoms with van der Waals surface area (Å²) in [5, 5.41) is 15.8. The van der Waals surface area contributed by atoms with Gasteiger partial charge < -0.3 is 15.3 Å². The highest BCUT2D eigenvalue weighted by Gasteiger charge is 2.27. The molecule has 2 aromatic rings. The van der Waals surface area contributed by atoms with Gasteiger partial charge in [0.1, 0.15) is 0 Å². The summed E-state index contributed by atoms with van der Waals surface area (Å²) in [6.07, 6.45) is 3.07. The van der Waals surface area contributed by atoms with E-state index in [1.54, 1.807) is 13.2 Å². The van der Waals surface area contributed by atoms with E-state index in [1.165, 1.54) is 4.68 Å². The molecule has 3 heterocycles. The molecule has 9 heteroatoms. The molecular formula is C16H20N6O3. The third-order valence-corrected chi connectivity index (χ3v) is 4.25. The largest absolute Gasteiger partial charge is 0.475 e. The van der Waals surface area contributed by atoms with Crippen LogP contribution in [0.1, 0.15) is 29.2 Å². The van der Waals surface area contributed by atoms with Crippen molar-refractivity contribution in [1.82, 2.24) is 25.1 Å². The van der Waals surface area contributed by atoms with Crippen molar-refractivity contribution in [3.05, 3.63) is 35.9 Å². The van der Waals surface area contributed by atoms with Crippen molar-refractivity contribution in [1.29, 1.82) is 0 Å². The molecule has 0 aromatic carbocycles. The number of hydrogen-bond donors (Lipinski definition) is 2. The first-order valence-electron chi connectivity index (χ1n) is 8.11. The number of carbonyl (C=O) groups excluding carboxylic acids is 1. The smallest absolute Gasteiger partial charge is 0.375 e. The lowest BCUT2D eigenvalue weighted by Crippen LogP contribution is -2.41. The predicted octanol–water partition coefficient (Wildman–Crippen LogP) is 0.441. The fourth-order valence-corrected chi connectivity index (χ4v) is 2.91. The van der Waals surface area contributed by atoms with E-state index in [9.17, 15) is 9.59 Å². The highest BCUT2D eigenvalue weighted by atomic mass is 16.4. The molecule has 0 unspecified atom stereocenters. The Hall–Kier alpha value is -2.97. The molecule has 0 bridgehead atoms. The molecule has 25 heavy (non-hydrogen) atoms. The molecule has 1 aliphatic rings. The first-order valence-corrected chi connectivity index (χ1v) is 8.11. The van der Waals surface area contributed by atoms with Crippen LogP contribution in [0, 0.1) is 5.92 Å². The van der Waals surface area contributed by atoms with Gasteiger partial charge >= 0.3 is 5.97 Å². The minimum atomic E-state index is -1.15. The van der Waals surface area contributed by atoms with E-state index in [4.69, 9.17) is 5.11 Å². The van der Waals surface area contributed by atoms with E-state index in [-0.39, 0.29) is 17.6 Å². The number of carboxylic acids is 1. The Morgan fingerprint density at radius 2 is 2.08 bits per heavy atom. The standard InChI is InChI=1S/C16H20N6O3/c1-21-16(19-13(20-21)15(24)25)22-8-5-11(6-9-22)14(23)18-10-12-4-2-3-7-17-12/h2-4,7,11H,5-6,8-10H2,1H3,(H,18,23)(H,24,25). The number of aromatic carboxylic acids is 1. The van der Waals surface area contributed by atoms with Crippen molar-refractivity contribution in [2.75, 3.05) is 18.0 Å². The molecule has 1 fully saturated rings. The van der Waals surface area contributed by atoms with Crippen LogP contribution in [-0.4, -0.2) is 49.8 Å². The van der Waals surface area contributed by atoms with Crippen LogP contribution in [-0.2, 0) is 18.4 Å². The molecule has 0 saturated carbocycles. The maximum Gasteiger partial charge on any atom is 0.375 e. The minimum Gasteiger partial charge on any atom is -0.475 e. The molecule has 0 atom stereocenters. The fraction of sp³-hybridized carbons (Fsp3) is 0.438. The second-order valence-corrected chi connectivity index (χ2v) is 5.96.